The maximum Gasteiger partial charge on any atom is 0.142 e. The Labute approximate surface area is 92.6 Å². The van der Waals surface area contributed by atoms with Gasteiger partial charge in [-0.3, -0.25) is 4.90 Å². The Balaban J connectivity index is 2.23. The number of alkyl halides is 1. The van der Waals surface area contributed by atoms with E-state index in [2.05, 4.69) is 39.8 Å². The van der Waals surface area contributed by atoms with Crippen LogP contribution in [0.1, 0.15) is 30.9 Å². The van der Waals surface area contributed by atoms with Gasteiger partial charge in [-0.1, -0.05) is 21.1 Å². The van der Waals surface area contributed by atoms with Crippen molar-refractivity contribution in [3.63, 3.8) is 0 Å². The summed E-state index contributed by atoms with van der Waals surface area (Å²) in [7, 11) is 0. The van der Waals surface area contributed by atoms with Crippen LogP contribution in [0.5, 0.6) is 0 Å². The summed E-state index contributed by atoms with van der Waals surface area (Å²) in [5, 5.41) is 4.85. The Morgan fingerprint density at radius 3 is 3.00 bits per heavy atom. The Morgan fingerprint density at radius 2 is 2.36 bits per heavy atom. The predicted molar refractivity (Wildman–Crippen MR) is 58.4 cm³/mol. The lowest BCUT2D eigenvalue weighted by molar-refractivity contribution is 0.192. The minimum absolute atomic E-state index is 0.598. The monoisotopic (exact) mass is 258 g/mol. The highest BCUT2D eigenvalue weighted by Crippen LogP contribution is 2.24. The number of hydrogen-bond acceptors (Lipinski definition) is 3. The maximum absolute atomic E-state index is 5.30. The van der Waals surface area contributed by atoms with Gasteiger partial charge >= 0.3 is 0 Å². The zero-order chi connectivity index (χ0) is 10.1. The summed E-state index contributed by atoms with van der Waals surface area (Å²) in [6.07, 6.45) is 0.994. The summed E-state index contributed by atoms with van der Waals surface area (Å²) in [5.74, 6) is 1.08. The first-order chi connectivity index (χ1) is 6.72. The molecule has 1 aromatic rings. The van der Waals surface area contributed by atoms with E-state index in [1.807, 2.05) is 0 Å². The Kier molecular flexibility index (Phi) is 2.93. The predicted octanol–water partition coefficient (Wildman–Crippen LogP) is 2.34. The first kappa shape index (κ1) is 10.2. The number of fused-ring (bicyclic) bond motifs is 1. The van der Waals surface area contributed by atoms with Crippen molar-refractivity contribution in [2.24, 2.45) is 0 Å². The number of halogens is 1. The molecule has 0 saturated heterocycles. The van der Waals surface area contributed by atoms with Gasteiger partial charge in [0.2, 0.25) is 0 Å². The van der Waals surface area contributed by atoms with Gasteiger partial charge in [-0.15, -0.1) is 0 Å². The van der Waals surface area contributed by atoms with E-state index in [1.54, 1.807) is 0 Å². The fraction of sp³-hybridized carbons (Fsp3) is 0.700. The molecular formula is C10H15BrN2O. The second-order valence-electron chi connectivity index (χ2n) is 3.98. The molecule has 0 bridgehead atoms. The van der Waals surface area contributed by atoms with E-state index >= 15 is 0 Å². The molecule has 0 spiro atoms. The van der Waals surface area contributed by atoms with Crippen LogP contribution < -0.4 is 0 Å². The van der Waals surface area contributed by atoms with Crippen LogP contribution in [0.25, 0.3) is 0 Å². The molecule has 1 aliphatic rings. The van der Waals surface area contributed by atoms with Crippen LogP contribution in [0.2, 0.25) is 0 Å². The molecule has 0 saturated carbocycles. The molecule has 0 aliphatic carbocycles. The molecule has 0 N–H and O–H groups in total. The molecule has 0 amide bonds. The lowest BCUT2D eigenvalue weighted by atomic mass is 10.1. The molecule has 14 heavy (non-hydrogen) atoms. The third-order valence-corrected chi connectivity index (χ3v) is 3.33. The zero-order valence-corrected chi connectivity index (χ0v) is 10.2. The van der Waals surface area contributed by atoms with Crippen LogP contribution in [-0.4, -0.2) is 22.6 Å². The summed E-state index contributed by atoms with van der Waals surface area (Å²) in [6, 6.07) is 0.598. The lowest BCUT2D eigenvalue weighted by Crippen LogP contribution is -2.35. The first-order valence-electron chi connectivity index (χ1n) is 4.98. The Hall–Kier alpha value is -0.350. The standard InChI is InChI=1S/C10H15BrN2O/c1-7(2)13-4-3-10-8(6-13)9(5-11)12-14-10/h7H,3-6H2,1-2H3. The van der Waals surface area contributed by atoms with Gasteiger partial charge in [0.05, 0.1) is 5.69 Å². The fourth-order valence-corrected chi connectivity index (χ4v) is 2.27. The second-order valence-corrected chi connectivity index (χ2v) is 4.54. The van der Waals surface area contributed by atoms with Crippen LogP contribution in [0, 0.1) is 0 Å². The van der Waals surface area contributed by atoms with E-state index in [9.17, 15) is 0 Å². The smallest absolute Gasteiger partial charge is 0.142 e. The average molecular weight is 259 g/mol. The van der Waals surface area contributed by atoms with Crippen molar-refractivity contribution < 1.29 is 4.52 Å². The number of aromatic nitrogens is 1. The second kappa shape index (κ2) is 4.03. The van der Waals surface area contributed by atoms with E-state index in [1.165, 1.54) is 5.56 Å². The highest BCUT2D eigenvalue weighted by atomic mass is 79.9. The lowest BCUT2D eigenvalue weighted by Gasteiger charge is -2.29. The molecule has 0 radical (unpaired) electrons. The molecule has 4 heteroatoms. The zero-order valence-electron chi connectivity index (χ0n) is 8.59. The van der Waals surface area contributed by atoms with Crippen molar-refractivity contribution in [3.8, 4) is 0 Å². The van der Waals surface area contributed by atoms with E-state index in [-0.39, 0.29) is 0 Å². The Bertz CT molecular complexity index is 308. The molecule has 1 aliphatic heterocycles. The summed E-state index contributed by atoms with van der Waals surface area (Å²) in [4.78, 5) is 2.45. The van der Waals surface area contributed by atoms with Gasteiger partial charge in [0.15, 0.2) is 0 Å². The fourth-order valence-electron chi connectivity index (χ4n) is 1.83. The minimum Gasteiger partial charge on any atom is -0.361 e. The highest BCUT2D eigenvalue weighted by molar-refractivity contribution is 9.08. The van der Waals surface area contributed by atoms with Crippen LogP contribution in [0.15, 0.2) is 4.52 Å². The summed E-state index contributed by atoms with van der Waals surface area (Å²) < 4.78 is 5.30. The van der Waals surface area contributed by atoms with Gasteiger partial charge in [0.25, 0.3) is 0 Å². The molecule has 2 heterocycles. The number of rotatable bonds is 2. The van der Waals surface area contributed by atoms with Gasteiger partial charge in [-0.05, 0) is 13.8 Å². The van der Waals surface area contributed by atoms with Crippen LogP contribution in [-0.2, 0) is 18.3 Å². The van der Waals surface area contributed by atoms with Gasteiger partial charge in [0.1, 0.15) is 5.76 Å². The molecule has 0 unspecified atom stereocenters. The van der Waals surface area contributed by atoms with Crippen molar-refractivity contribution in [1.29, 1.82) is 0 Å². The topological polar surface area (TPSA) is 29.3 Å². The quantitative estimate of drug-likeness (QED) is 0.763. The number of nitrogens with zero attached hydrogens (tertiary/aromatic N) is 2. The van der Waals surface area contributed by atoms with Crippen molar-refractivity contribution in [3.05, 3.63) is 17.0 Å². The molecule has 1 aromatic heterocycles. The molecule has 0 aromatic carbocycles. The van der Waals surface area contributed by atoms with Crippen LogP contribution in [0.4, 0.5) is 0 Å². The molecule has 2 rings (SSSR count). The Morgan fingerprint density at radius 1 is 1.57 bits per heavy atom. The highest BCUT2D eigenvalue weighted by Gasteiger charge is 2.24. The van der Waals surface area contributed by atoms with Gasteiger partial charge in [-0.25, -0.2) is 0 Å². The van der Waals surface area contributed by atoms with Gasteiger partial charge in [-0.2, -0.15) is 0 Å². The van der Waals surface area contributed by atoms with Gasteiger partial charge in [0, 0.05) is 36.4 Å². The van der Waals surface area contributed by atoms with Crippen molar-refractivity contribution in [2.45, 2.75) is 38.2 Å². The molecule has 3 nitrogen and oxygen atoms in total. The third-order valence-electron chi connectivity index (χ3n) is 2.80. The normalized spacial score (nSPS) is 17.4. The molecule has 0 fully saturated rings. The van der Waals surface area contributed by atoms with E-state index in [0.717, 1.165) is 36.3 Å². The van der Waals surface area contributed by atoms with Crippen LogP contribution in [0.3, 0.4) is 0 Å². The largest absolute Gasteiger partial charge is 0.361 e. The third kappa shape index (κ3) is 1.73. The molecule has 78 valence electrons. The van der Waals surface area contributed by atoms with E-state index in [4.69, 9.17) is 4.52 Å². The minimum atomic E-state index is 0.598. The van der Waals surface area contributed by atoms with E-state index in [0.29, 0.717) is 6.04 Å². The average Bonchev–Trinajstić information content (AvgIpc) is 2.59. The van der Waals surface area contributed by atoms with Crippen molar-refractivity contribution >= 4 is 15.9 Å². The number of hydrogen-bond donors (Lipinski definition) is 0. The van der Waals surface area contributed by atoms with E-state index < -0.39 is 0 Å². The molecule has 0 atom stereocenters. The summed E-state index contributed by atoms with van der Waals surface area (Å²) >= 11 is 3.43. The molecular weight excluding hydrogens is 244 g/mol. The summed E-state index contributed by atoms with van der Waals surface area (Å²) in [5.41, 5.74) is 2.35. The van der Waals surface area contributed by atoms with Crippen molar-refractivity contribution in [2.75, 3.05) is 6.54 Å². The van der Waals surface area contributed by atoms with Crippen molar-refractivity contribution in [1.82, 2.24) is 10.1 Å². The van der Waals surface area contributed by atoms with Crippen LogP contribution >= 0.6 is 15.9 Å². The maximum atomic E-state index is 5.30. The van der Waals surface area contributed by atoms with Gasteiger partial charge < -0.3 is 4.52 Å². The summed E-state index contributed by atoms with van der Waals surface area (Å²) in [6.45, 7) is 6.53. The SMILES string of the molecule is CC(C)N1CCc2onc(CBr)c2C1. The first-order valence-corrected chi connectivity index (χ1v) is 6.11.